The lowest BCUT2D eigenvalue weighted by Crippen LogP contribution is -1.95. The number of benzene rings is 1. The molecule has 0 saturated heterocycles. The molecule has 4 heteroatoms. The van der Waals surface area contributed by atoms with Crippen molar-refractivity contribution in [1.82, 2.24) is 0 Å². The van der Waals surface area contributed by atoms with Crippen molar-refractivity contribution >= 4 is 32.8 Å². The van der Waals surface area contributed by atoms with Crippen molar-refractivity contribution in [3.8, 4) is 0 Å². The Hall–Kier alpha value is -0.410. The molecule has 0 heterocycles. The normalized spacial score (nSPS) is 10.0. The topological polar surface area (TPSA) is 17.1 Å². The smallest absolute Gasteiger partial charge is 0.253 e. The van der Waals surface area contributed by atoms with Crippen molar-refractivity contribution in [1.29, 1.82) is 0 Å². The molecular formula is C8H5BrClFO. The Morgan fingerprint density at radius 3 is 2.67 bits per heavy atom. The zero-order valence-corrected chi connectivity index (χ0v) is 8.54. The van der Waals surface area contributed by atoms with Crippen LogP contribution in [0.15, 0.2) is 16.6 Å². The summed E-state index contributed by atoms with van der Waals surface area (Å²) in [4.78, 5) is 10.7. The van der Waals surface area contributed by atoms with Crippen LogP contribution in [0, 0.1) is 12.7 Å². The van der Waals surface area contributed by atoms with Gasteiger partial charge in [-0.15, -0.1) is 0 Å². The third-order valence-corrected chi connectivity index (χ3v) is 2.47. The summed E-state index contributed by atoms with van der Waals surface area (Å²) in [6.45, 7) is 1.61. The molecule has 0 aliphatic carbocycles. The molecule has 64 valence electrons. The number of rotatable bonds is 1. The minimum absolute atomic E-state index is 0.127. The summed E-state index contributed by atoms with van der Waals surface area (Å²) in [5.41, 5.74) is 0.628. The average molecular weight is 251 g/mol. The van der Waals surface area contributed by atoms with E-state index in [1.165, 1.54) is 12.1 Å². The summed E-state index contributed by atoms with van der Waals surface area (Å²) in [5.74, 6) is -0.443. The predicted octanol–water partition coefficient (Wildman–Crippen LogP) is 3.28. The number of aryl methyl sites for hydroxylation is 1. The molecule has 0 radical (unpaired) electrons. The fourth-order valence-corrected chi connectivity index (χ4v) is 1.69. The van der Waals surface area contributed by atoms with E-state index in [2.05, 4.69) is 15.9 Å². The maximum atomic E-state index is 13.1. The monoisotopic (exact) mass is 250 g/mol. The highest BCUT2D eigenvalue weighted by molar-refractivity contribution is 9.10. The molecule has 0 aromatic heterocycles. The van der Waals surface area contributed by atoms with Crippen LogP contribution in [0.1, 0.15) is 15.9 Å². The second kappa shape index (κ2) is 3.54. The Kier molecular flexibility index (Phi) is 2.85. The summed E-state index contributed by atoms with van der Waals surface area (Å²) >= 11 is 8.15. The van der Waals surface area contributed by atoms with Crippen LogP contribution in [0.4, 0.5) is 4.39 Å². The first kappa shape index (κ1) is 9.68. The third kappa shape index (κ3) is 1.67. The van der Waals surface area contributed by atoms with Crippen molar-refractivity contribution < 1.29 is 9.18 Å². The van der Waals surface area contributed by atoms with Gasteiger partial charge in [0.25, 0.3) is 5.24 Å². The lowest BCUT2D eigenvalue weighted by Gasteiger charge is -2.02. The molecule has 0 fully saturated rings. The highest BCUT2D eigenvalue weighted by Gasteiger charge is 2.12. The van der Waals surface area contributed by atoms with Crippen LogP contribution < -0.4 is 0 Å². The molecule has 0 atom stereocenters. The van der Waals surface area contributed by atoms with Gasteiger partial charge in [0.15, 0.2) is 0 Å². The van der Waals surface area contributed by atoms with E-state index in [9.17, 15) is 9.18 Å². The second-order valence-corrected chi connectivity index (χ2v) is 3.47. The molecule has 1 nitrogen and oxygen atoms in total. The summed E-state index contributed by atoms with van der Waals surface area (Å²) in [5, 5.41) is -0.666. The minimum Gasteiger partial charge on any atom is -0.276 e. The van der Waals surface area contributed by atoms with Gasteiger partial charge in [0.1, 0.15) is 5.82 Å². The Morgan fingerprint density at radius 2 is 2.17 bits per heavy atom. The number of hydrogen-bond donors (Lipinski definition) is 0. The quantitative estimate of drug-likeness (QED) is 0.700. The zero-order valence-electron chi connectivity index (χ0n) is 6.20. The largest absolute Gasteiger partial charge is 0.276 e. The van der Waals surface area contributed by atoms with E-state index in [-0.39, 0.29) is 10.0 Å². The van der Waals surface area contributed by atoms with Crippen molar-refractivity contribution in [2.75, 3.05) is 0 Å². The van der Waals surface area contributed by atoms with E-state index in [4.69, 9.17) is 11.6 Å². The molecule has 1 aromatic rings. The molecule has 12 heavy (non-hydrogen) atoms. The van der Waals surface area contributed by atoms with Crippen LogP contribution in [-0.2, 0) is 0 Å². The van der Waals surface area contributed by atoms with Gasteiger partial charge in [0.2, 0.25) is 0 Å². The van der Waals surface area contributed by atoms with Crippen LogP contribution in [0.3, 0.4) is 0 Å². The zero-order chi connectivity index (χ0) is 9.30. The minimum atomic E-state index is -0.666. The second-order valence-electron chi connectivity index (χ2n) is 2.33. The highest BCUT2D eigenvalue weighted by Crippen LogP contribution is 2.24. The van der Waals surface area contributed by atoms with Crippen molar-refractivity contribution in [3.63, 3.8) is 0 Å². The molecule has 0 bridgehead atoms. The van der Waals surface area contributed by atoms with Gasteiger partial charge in [-0.25, -0.2) is 4.39 Å². The van der Waals surface area contributed by atoms with E-state index in [0.29, 0.717) is 5.56 Å². The summed E-state index contributed by atoms with van der Waals surface area (Å²) in [6, 6.07) is 2.99. The molecule has 0 aliphatic heterocycles. The van der Waals surface area contributed by atoms with E-state index < -0.39 is 11.1 Å². The van der Waals surface area contributed by atoms with E-state index in [1.54, 1.807) is 6.92 Å². The van der Waals surface area contributed by atoms with Crippen LogP contribution in [0.2, 0.25) is 0 Å². The van der Waals surface area contributed by atoms with Gasteiger partial charge in [-0.2, -0.15) is 0 Å². The Bertz CT molecular complexity index is 338. The van der Waals surface area contributed by atoms with Gasteiger partial charge in [0.05, 0.1) is 10.0 Å². The standard InChI is InChI=1S/C8H5BrClFO/c1-4-2-3-5(8(10)12)6(9)7(4)11/h2-3H,1H3. The first-order valence-electron chi connectivity index (χ1n) is 3.18. The maximum Gasteiger partial charge on any atom is 0.253 e. The van der Waals surface area contributed by atoms with Crippen LogP contribution >= 0.6 is 27.5 Å². The van der Waals surface area contributed by atoms with Crippen LogP contribution in [0.25, 0.3) is 0 Å². The predicted molar refractivity (Wildman–Crippen MR) is 49.0 cm³/mol. The molecule has 0 spiro atoms. The molecule has 1 aromatic carbocycles. The molecule has 1 rings (SSSR count). The molecular weight excluding hydrogens is 246 g/mol. The number of hydrogen-bond acceptors (Lipinski definition) is 1. The summed E-state index contributed by atoms with van der Waals surface area (Å²) in [6.07, 6.45) is 0. The maximum absolute atomic E-state index is 13.1. The average Bonchev–Trinajstić information content (AvgIpc) is 2.00. The van der Waals surface area contributed by atoms with Crippen LogP contribution in [0.5, 0.6) is 0 Å². The Labute approximate surface area is 82.7 Å². The van der Waals surface area contributed by atoms with Gasteiger partial charge in [0, 0.05) is 0 Å². The Morgan fingerprint density at radius 1 is 1.58 bits per heavy atom. The number of carbonyl (C=O) groups is 1. The first-order chi connectivity index (χ1) is 5.54. The lowest BCUT2D eigenvalue weighted by atomic mass is 10.1. The fourth-order valence-electron chi connectivity index (χ4n) is 0.798. The van der Waals surface area contributed by atoms with Crippen LogP contribution in [-0.4, -0.2) is 5.24 Å². The van der Waals surface area contributed by atoms with E-state index >= 15 is 0 Å². The summed E-state index contributed by atoms with van der Waals surface area (Å²) in [7, 11) is 0. The van der Waals surface area contributed by atoms with Crippen molar-refractivity contribution in [3.05, 3.63) is 33.5 Å². The lowest BCUT2D eigenvalue weighted by molar-refractivity contribution is 0.108. The molecule has 0 amide bonds. The van der Waals surface area contributed by atoms with Gasteiger partial charge < -0.3 is 0 Å². The Balaban J connectivity index is 3.36. The van der Waals surface area contributed by atoms with Crippen molar-refractivity contribution in [2.45, 2.75) is 6.92 Å². The van der Waals surface area contributed by atoms with Gasteiger partial charge in [-0.05, 0) is 46.1 Å². The fraction of sp³-hybridized carbons (Fsp3) is 0.125. The molecule has 0 saturated carbocycles. The molecule has 0 unspecified atom stereocenters. The van der Waals surface area contributed by atoms with E-state index in [0.717, 1.165) is 0 Å². The summed E-state index contributed by atoms with van der Waals surface area (Å²) < 4.78 is 13.2. The number of carbonyl (C=O) groups excluding carboxylic acids is 1. The third-order valence-electron chi connectivity index (χ3n) is 1.49. The van der Waals surface area contributed by atoms with Gasteiger partial charge in [-0.3, -0.25) is 4.79 Å². The molecule has 0 N–H and O–H groups in total. The first-order valence-corrected chi connectivity index (χ1v) is 4.35. The van der Waals surface area contributed by atoms with Gasteiger partial charge >= 0.3 is 0 Å². The van der Waals surface area contributed by atoms with Gasteiger partial charge in [-0.1, -0.05) is 6.07 Å². The highest BCUT2D eigenvalue weighted by atomic mass is 79.9. The van der Waals surface area contributed by atoms with E-state index in [1.807, 2.05) is 0 Å². The number of halogens is 3. The van der Waals surface area contributed by atoms with Crippen molar-refractivity contribution in [2.24, 2.45) is 0 Å². The molecule has 0 aliphatic rings. The SMILES string of the molecule is Cc1ccc(C(=O)Cl)c(Br)c1F.